The molecule has 1 aromatic heterocycles. The largest absolute Gasteiger partial charge is 0.477 e. The fourth-order valence-corrected chi connectivity index (χ4v) is 3.37. The first-order valence-corrected chi connectivity index (χ1v) is 8.38. The maximum absolute atomic E-state index is 12.4. The number of halogens is 2. The van der Waals surface area contributed by atoms with Gasteiger partial charge < -0.3 is 15.2 Å². The third-order valence-electron chi connectivity index (χ3n) is 3.88. The smallest absolute Gasteiger partial charge is 0.394 e. The van der Waals surface area contributed by atoms with Crippen molar-refractivity contribution in [2.45, 2.75) is 6.54 Å². The van der Waals surface area contributed by atoms with Crippen LogP contribution in [0.5, 0.6) is 0 Å². The highest BCUT2D eigenvalue weighted by molar-refractivity contribution is 6.42. The number of rotatable bonds is 4. The third-order valence-corrected chi connectivity index (χ3v) is 4.40. The molecule has 9 heteroatoms. The van der Waals surface area contributed by atoms with Crippen LogP contribution in [-0.4, -0.2) is 33.0 Å². The highest BCUT2D eigenvalue weighted by Gasteiger charge is 2.31. The van der Waals surface area contributed by atoms with Crippen LogP contribution in [0.4, 0.5) is 5.69 Å². The summed E-state index contributed by atoms with van der Waals surface area (Å²) in [6, 6.07) is 11.4. The molecule has 0 saturated carbocycles. The number of carboxylic acids is 2. The van der Waals surface area contributed by atoms with Gasteiger partial charge in [0, 0.05) is 10.4 Å². The number of anilines is 1. The van der Waals surface area contributed by atoms with Crippen LogP contribution in [0.2, 0.25) is 10.0 Å². The summed E-state index contributed by atoms with van der Waals surface area (Å²) in [4.78, 5) is 39.0. The summed E-state index contributed by atoms with van der Waals surface area (Å²) < 4.78 is 0. The molecule has 3 aromatic rings. The lowest BCUT2D eigenvalue weighted by Gasteiger charge is -2.21. The van der Waals surface area contributed by atoms with E-state index < -0.39 is 17.8 Å². The summed E-state index contributed by atoms with van der Waals surface area (Å²) in [5, 5.41) is 19.4. The molecule has 3 rings (SSSR count). The van der Waals surface area contributed by atoms with Gasteiger partial charge in [0.15, 0.2) is 0 Å². The number of benzene rings is 2. The summed E-state index contributed by atoms with van der Waals surface area (Å²) in [6.07, 6.45) is 0. The number of fused-ring (bicyclic) bond motifs is 1. The molecular formula is C18H12Cl2N2O5. The number of aromatic carboxylic acids is 1. The molecule has 7 nitrogen and oxygen atoms in total. The number of carbonyl (C=O) groups excluding carboxylic acids is 1. The zero-order chi connectivity index (χ0) is 19.7. The van der Waals surface area contributed by atoms with Gasteiger partial charge in [-0.15, -0.1) is 0 Å². The van der Waals surface area contributed by atoms with E-state index in [0.29, 0.717) is 5.56 Å². The maximum atomic E-state index is 12.4. The number of H-pyrrole nitrogens is 1. The van der Waals surface area contributed by atoms with Crippen molar-refractivity contribution in [2.24, 2.45) is 0 Å². The van der Waals surface area contributed by atoms with Gasteiger partial charge >= 0.3 is 17.8 Å². The van der Waals surface area contributed by atoms with Crippen molar-refractivity contribution in [1.82, 2.24) is 4.98 Å². The number of hydrogen-bond acceptors (Lipinski definition) is 3. The van der Waals surface area contributed by atoms with E-state index >= 15 is 0 Å². The first-order valence-electron chi connectivity index (χ1n) is 7.62. The van der Waals surface area contributed by atoms with Crippen molar-refractivity contribution < 1.29 is 24.6 Å². The Bertz CT molecular complexity index is 1060. The Morgan fingerprint density at radius 1 is 1.04 bits per heavy atom. The average Bonchev–Trinajstić information content (AvgIpc) is 2.99. The standard InChI is InChI=1S/C18H12Cl2N2O5/c19-10-6-11(20)13-12(7-10)21-14(17(24)25)15(13)22(16(23)18(26)27)8-9-4-2-1-3-5-9/h1-7,21H,8H2,(H,24,25)(H,26,27). The Hall–Kier alpha value is -3.03. The SMILES string of the molecule is O=C(O)C(=O)N(Cc1ccccc1)c1c(C(=O)O)[nH]c2cc(Cl)cc(Cl)c12. The molecule has 1 amide bonds. The molecule has 0 fully saturated rings. The highest BCUT2D eigenvalue weighted by Crippen LogP contribution is 2.39. The van der Waals surface area contributed by atoms with E-state index in [0.717, 1.165) is 4.90 Å². The Balaban J connectivity index is 2.28. The summed E-state index contributed by atoms with van der Waals surface area (Å²) in [5.74, 6) is -4.38. The number of aromatic nitrogens is 1. The number of hydrogen-bond donors (Lipinski definition) is 3. The number of nitrogens with zero attached hydrogens (tertiary/aromatic N) is 1. The Morgan fingerprint density at radius 2 is 1.70 bits per heavy atom. The quantitative estimate of drug-likeness (QED) is 0.570. The van der Waals surface area contributed by atoms with E-state index in [1.807, 2.05) is 0 Å². The van der Waals surface area contributed by atoms with E-state index in [2.05, 4.69) is 4.98 Å². The van der Waals surface area contributed by atoms with Crippen LogP contribution in [0.3, 0.4) is 0 Å². The summed E-state index contributed by atoms with van der Waals surface area (Å²) in [7, 11) is 0. The molecular weight excluding hydrogens is 395 g/mol. The van der Waals surface area contributed by atoms with Crippen LogP contribution in [0.1, 0.15) is 16.1 Å². The van der Waals surface area contributed by atoms with Crippen molar-refractivity contribution in [3.05, 3.63) is 63.8 Å². The van der Waals surface area contributed by atoms with E-state index in [4.69, 9.17) is 23.2 Å². The van der Waals surface area contributed by atoms with Crippen molar-refractivity contribution in [1.29, 1.82) is 0 Å². The number of amides is 1. The van der Waals surface area contributed by atoms with Crippen molar-refractivity contribution in [3.8, 4) is 0 Å². The predicted octanol–water partition coefficient (Wildman–Crippen LogP) is 3.79. The van der Waals surface area contributed by atoms with Crippen LogP contribution in [-0.2, 0) is 16.1 Å². The fraction of sp³-hybridized carbons (Fsp3) is 0.0556. The molecule has 0 saturated heterocycles. The molecule has 0 radical (unpaired) electrons. The lowest BCUT2D eigenvalue weighted by molar-refractivity contribution is -0.148. The molecule has 0 aliphatic heterocycles. The van der Waals surface area contributed by atoms with E-state index in [9.17, 15) is 24.6 Å². The molecule has 1 heterocycles. The second-order valence-electron chi connectivity index (χ2n) is 5.65. The van der Waals surface area contributed by atoms with Crippen molar-refractivity contribution in [2.75, 3.05) is 4.90 Å². The van der Waals surface area contributed by atoms with Crippen LogP contribution in [0, 0.1) is 0 Å². The van der Waals surface area contributed by atoms with Crippen molar-refractivity contribution >= 4 is 57.6 Å². The lowest BCUT2D eigenvalue weighted by atomic mass is 10.1. The number of aliphatic carboxylic acids is 1. The molecule has 0 aliphatic rings. The van der Waals surface area contributed by atoms with Crippen molar-refractivity contribution in [3.63, 3.8) is 0 Å². The minimum Gasteiger partial charge on any atom is -0.477 e. The second kappa shape index (κ2) is 7.30. The Kier molecular flexibility index (Phi) is 5.07. The van der Waals surface area contributed by atoms with Gasteiger partial charge in [-0.1, -0.05) is 53.5 Å². The molecule has 2 aromatic carbocycles. The van der Waals surface area contributed by atoms with Gasteiger partial charge in [0.05, 0.1) is 22.8 Å². The Labute approximate surface area is 162 Å². The predicted molar refractivity (Wildman–Crippen MR) is 101 cm³/mol. The van der Waals surface area contributed by atoms with Gasteiger partial charge in [-0.25, -0.2) is 9.59 Å². The number of nitrogens with one attached hydrogen (secondary N) is 1. The van der Waals surface area contributed by atoms with Gasteiger partial charge in [0.2, 0.25) is 0 Å². The normalized spacial score (nSPS) is 10.7. The third kappa shape index (κ3) is 3.60. The molecule has 0 spiro atoms. The molecule has 0 aliphatic carbocycles. The molecule has 138 valence electrons. The van der Waals surface area contributed by atoms with Gasteiger partial charge in [0.25, 0.3) is 0 Å². The molecule has 0 unspecified atom stereocenters. The molecule has 0 bridgehead atoms. The molecule has 0 atom stereocenters. The van der Waals surface area contributed by atoms with Gasteiger partial charge in [0.1, 0.15) is 5.69 Å². The van der Waals surface area contributed by atoms with Crippen LogP contribution < -0.4 is 4.90 Å². The number of carboxylic acid groups (broad SMARTS) is 2. The minimum absolute atomic E-state index is 0.0903. The average molecular weight is 407 g/mol. The molecule has 3 N–H and O–H groups in total. The topological polar surface area (TPSA) is 111 Å². The zero-order valence-corrected chi connectivity index (χ0v) is 15.1. The number of carbonyl (C=O) groups is 3. The van der Waals surface area contributed by atoms with E-state index in [1.165, 1.54) is 12.1 Å². The second-order valence-corrected chi connectivity index (χ2v) is 6.49. The zero-order valence-electron chi connectivity index (χ0n) is 13.6. The van der Waals surface area contributed by atoms with Crippen LogP contribution in [0.25, 0.3) is 10.9 Å². The van der Waals surface area contributed by atoms with Crippen LogP contribution >= 0.6 is 23.2 Å². The summed E-state index contributed by atoms with van der Waals surface area (Å²) in [6.45, 7) is -0.155. The number of aromatic amines is 1. The van der Waals surface area contributed by atoms with E-state index in [-0.39, 0.29) is 38.9 Å². The van der Waals surface area contributed by atoms with Gasteiger partial charge in [-0.05, 0) is 17.7 Å². The van der Waals surface area contributed by atoms with Crippen LogP contribution in [0.15, 0.2) is 42.5 Å². The lowest BCUT2D eigenvalue weighted by Crippen LogP contribution is -2.36. The first-order chi connectivity index (χ1) is 12.8. The van der Waals surface area contributed by atoms with E-state index in [1.54, 1.807) is 30.3 Å². The van der Waals surface area contributed by atoms with Gasteiger partial charge in [-0.3, -0.25) is 9.69 Å². The fourth-order valence-electron chi connectivity index (χ4n) is 2.79. The minimum atomic E-state index is -1.72. The summed E-state index contributed by atoms with van der Waals surface area (Å²) in [5.41, 5.74) is 0.397. The maximum Gasteiger partial charge on any atom is 0.394 e. The summed E-state index contributed by atoms with van der Waals surface area (Å²) >= 11 is 12.2. The first kappa shape index (κ1) is 18.8. The van der Waals surface area contributed by atoms with Gasteiger partial charge in [-0.2, -0.15) is 0 Å². The highest BCUT2D eigenvalue weighted by atomic mass is 35.5. The monoisotopic (exact) mass is 406 g/mol. The Morgan fingerprint density at radius 3 is 2.30 bits per heavy atom. The molecule has 27 heavy (non-hydrogen) atoms.